The molecule has 5 heteroatoms. The smallest absolute Gasteiger partial charge is 0.306 e. The van der Waals surface area contributed by atoms with Crippen molar-refractivity contribution in [1.29, 1.82) is 0 Å². The number of hydrogen-bond acceptors (Lipinski definition) is 5. The zero-order valence-corrected chi connectivity index (χ0v) is 11.6. The zero-order valence-electron chi connectivity index (χ0n) is 11.6. The van der Waals surface area contributed by atoms with Crippen molar-refractivity contribution in [3.8, 4) is 0 Å². The van der Waals surface area contributed by atoms with Crippen LogP contribution < -0.4 is 0 Å². The van der Waals surface area contributed by atoms with Crippen LogP contribution in [0.1, 0.15) is 46.5 Å². The van der Waals surface area contributed by atoms with Gasteiger partial charge in [-0.1, -0.05) is 13.8 Å². The van der Waals surface area contributed by atoms with Gasteiger partial charge in [0.15, 0.2) is 6.10 Å². The first-order valence-electron chi connectivity index (χ1n) is 6.56. The van der Waals surface area contributed by atoms with E-state index in [0.29, 0.717) is 19.4 Å². The SMILES string of the molecule is CCCC(=O)OCC(COCC)OC(=O)CCC. The molecule has 0 saturated heterocycles. The van der Waals surface area contributed by atoms with E-state index in [9.17, 15) is 9.59 Å². The summed E-state index contributed by atoms with van der Waals surface area (Å²) in [5, 5.41) is 0. The topological polar surface area (TPSA) is 61.8 Å². The van der Waals surface area contributed by atoms with Crippen LogP contribution in [0.4, 0.5) is 0 Å². The Morgan fingerprint density at radius 1 is 0.944 bits per heavy atom. The number of hydrogen-bond donors (Lipinski definition) is 0. The molecule has 0 heterocycles. The third-order valence-electron chi connectivity index (χ3n) is 2.14. The van der Waals surface area contributed by atoms with E-state index < -0.39 is 6.10 Å². The van der Waals surface area contributed by atoms with Gasteiger partial charge in [-0.3, -0.25) is 9.59 Å². The highest BCUT2D eigenvalue weighted by Gasteiger charge is 2.16. The van der Waals surface area contributed by atoms with Crippen LogP contribution in [0.15, 0.2) is 0 Å². The van der Waals surface area contributed by atoms with Crippen LogP contribution in [0.2, 0.25) is 0 Å². The predicted octanol–water partition coefficient (Wildman–Crippen LogP) is 2.08. The summed E-state index contributed by atoms with van der Waals surface area (Å²) in [7, 11) is 0. The fourth-order valence-corrected chi connectivity index (χ4v) is 1.28. The maximum atomic E-state index is 11.4. The van der Waals surface area contributed by atoms with E-state index in [0.717, 1.165) is 12.8 Å². The van der Waals surface area contributed by atoms with Gasteiger partial charge in [0.2, 0.25) is 0 Å². The fraction of sp³-hybridized carbons (Fsp3) is 0.846. The largest absolute Gasteiger partial charge is 0.462 e. The van der Waals surface area contributed by atoms with E-state index in [1.165, 1.54) is 0 Å². The van der Waals surface area contributed by atoms with Crippen LogP contribution >= 0.6 is 0 Å². The van der Waals surface area contributed by atoms with Gasteiger partial charge in [-0.25, -0.2) is 0 Å². The second-order valence-corrected chi connectivity index (χ2v) is 3.95. The minimum atomic E-state index is -0.509. The first kappa shape index (κ1) is 16.9. The van der Waals surface area contributed by atoms with Gasteiger partial charge in [0.05, 0.1) is 6.61 Å². The molecule has 0 bridgehead atoms. The number of rotatable bonds is 10. The molecule has 0 N–H and O–H groups in total. The molecule has 0 aromatic heterocycles. The first-order chi connectivity index (χ1) is 8.63. The van der Waals surface area contributed by atoms with Crippen molar-refractivity contribution in [2.24, 2.45) is 0 Å². The molecule has 18 heavy (non-hydrogen) atoms. The first-order valence-corrected chi connectivity index (χ1v) is 6.56. The quantitative estimate of drug-likeness (QED) is 0.563. The fourth-order valence-electron chi connectivity index (χ4n) is 1.28. The molecular weight excluding hydrogens is 236 g/mol. The van der Waals surface area contributed by atoms with E-state index >= 15 is 0 Å². The Balaban J connectivity index is 4.05. The Bertz CT molecular complexity index is 240. The molecule has 0 saturated carbocycles. The molecule has 0 rings (SSSR count). The van der Waals surface area contributed by atoms with Gasteiger partial charge < -0.3 is 14.2 Å². The highest BCUT2D eigenvalue weighted by Crippen LogP contribution is 2.02. The van der Waals surface area contributed by atoms with Crippen LogP contribution in [-0.4, -0.2) is 37.9 Å². The molecule has 0 spiro atoms. The highest BCUT2D eigenvalue weighted by atomic mass is 16.6. The number of ether oxygens (including phenoxy) is 3. The second-order valence-electron chi connectivity index (χ2n) is 3.95. The van der Waals surface area contributed by atoms with E-state index in [1.807, 2.05) is 20.8 Å². The summed E-state index contributed by atoms with van der Waals surface area (Å²) < 4.78 is 15.4. The van der Waals surface area contributed by atoms with Crippen molar-refractivity contribution < 1.29 is 23.8 Å². The molecule has 0 amide bonds. The molecule has 0 aliphatic heterocycles. The number of carbonyl (C=O) groups excluding carboxylic acids is 2. The Morgan fingerprint density at radius 3 is 2.11 bits per heavy atom. The van der Waals surface area contributed by atoms with Crippen molar-refractivity contribution in [1.82, 2.24) is 0 Å². The summed E-state index contributed by atoms with van der Waals surface area (Å²) in [5.74, 6) is -0.556. The summed E-state index contributed by atoms with van der Waals surface area (Å²) in [6.45, 7) is 6.51. The monoisotopic (exact) mass is 260 g/mol. The average Bonchev–Trinajstić information content (AvgIpc) is 2.33. The lowest BCUT2D eigenvalue weighted by atomic mass is 10.3. The summed E-state index contributed by atoms with van der Waals surface area (Å²) >= 11 is 0. The van der Waals surface area contributed by atoms with Crippen molar-refractivity contribution in [3.05, 3.63) is 0 Å². The molecule has 5 nitrogen and oxygen atoms in total. The Hall–Kier alpha value is -1.10. The third kappa shape index (κ3) is 8.98. The van der Waals surface area contributed by atoms with Crippen LogP contribution in [0, 0.1) is 0 Å². The summed E-state index contributed by atoms with van der Waals surface area (Å²) in [5.41, 5.74) is 0. The van der Waals surface area contributed by atoms with Gasteiger partial charge >= 0.3 is 11.9 Å². The van der Waals surface area contributed by atoms with E-state index in [4.69, 9.17) is 14.2 Å². The maximum Gasteiger partial charge on any atom is 0.306 e. The van der Waals surface area contributed by atoms with Gasteiger partial charge in [0, 0.05) is 19.4 Å². The molecule has 1 atom stereocenters. The van der Waals surface area contributed by atoms with Crippen molar-refractivity contribution >= 4 is 11.9 Å². The molecule has 0 radical (unpaired) electrons. The van der Waals surface area contributed by atoms with Crippen LogP contribution in [0.5, 0.6) is 0 Å². The maximum absolute atomic E-state index is 11.4. The van der Waals surface area contributed by atoms with Crippen molar-refractivity contribution in [2.75, 3.05) is 19.8 Å². The molecule has 0 aliphatic carbocycles. The lowest BCUT2D eigenvalue weighted by Crippen LogP contribution is -2.29. The Morgan fingerprint density at radius 2 is 1.56 bits per heavy atom. The molecule has 1 unspecified atom stereocenters. The minimum absolute atomic E-state index is 0.0638. The summed E-state index contributed by atoms with van der Waals surface area (Å²) in [6.07, 6.45) is 1.71. The normalized spacial score (nSPS) is 11.9. The summed E-state index contributed by atoms with van der Waals surface area (Å²) in [4.78, 5) is 22.6. The van der Waals surface area contributed by atoms with Gasteiger partial charge in [-0.05, 0) is 19.8 Å². The van der Waals surface area contributed by atoms with Gasteiger partial charge in [0.25, 0.3) is 0 Å². The lowest BCUT2D eigenvalue weighted by molar-refractivity contribution is -0.162. The van der Waals surface area contributed by atoms with Gasteiger partial charge in [-0.2, -0.15) is 0 Å². The second kappa shape index (κ2) is 11.0. The summed E-state index contributed by atoms with van der Waals surface area (Å²) in [6, 6.07) is 0. The van der Waals surface area contributed by atoms with Crippen molar-refractivity contribution in [2.45, 2.75) is 52.6 Å². The molecule has 0 aromatic rings. The average molecular weight is 260 g/mol. The van der Waals surface area contributed by atoms with Gasteiger partial charge in [-0.15, -0.1) is 0 Å². The van der Waals surface area contributed by atoms with Crippen molar-refractivity contribution in [3.63, 3.8) is 0 Å². The van der Waals surface area contributed by atoms with Crippen LogP contribution in [0.25, 0.3) is 0 Å². The molecule has 0 fully saturated rings. The number of esters is 2. The molecule has 0 aromatic carbocycles. The zero-order chi connectivity index (χ0) is 13.8. The van der Waals surface area contributed by atoms with E-state index in [2.05, 4.69) is 0 Å². The van der Waals surface area contributed by atoms with Crippen LogP contribution in [0.3, 0.4) is 0 Å². The Labute approximate surface area is 109 Å². The standard InChI is InChI=1S/C13H24O5/c1-4-7-12(14)17-10-11(9-16-6-3)18-13(15)8-5-2/h11H,4-10H2,1-3H3. The van der Waals surface area contributed by atoms with E-state index in [1.54, 1.807) is 0 Å². The minimum Gasteiger partial charge on any atom is -0.462 e. The van der Waals surface area contributed by atoms with Crippen LogP contribution in [-0.2, 0) is 23.8 Å². The highest BCUT2D eigenvalue weighted by molar-refractivity contribution is 5.70. The Kier molecular flexibility index (Phi) is 10.3. The van der Waals surface area contributed by atoms with E-state index in [-0.39, 0.29) is 25.2 Å². The molecular formula is C13H24O5. The third-order valence-corrected chi connectivity index (χ3v) is 2.14. The molecule has 106 valence electrons. The predicted molar refractivity (Wildman–Crippen MR) is 67.1 cm³/mol. The molecule has 0 aliphatic rings. The lowest BCUT2D eigenvalue weighted by Gasteiger charge is -2.17. The van der Waals surface area contributed by atoms with Gasteiger partial charge in [0.1, 0.15) is 6.61 Å². The number of carbonyl (C=O) groups is 2.